The summed E-state index contributed by atoms with van der Waals surface area (Å²) in [6.07, 6.45) is 8.45. The summed E-state index contributed by atoms with van der Waals surface area (Å²) < 4.78 is 47.0. The summed E-state index contributed by atoms with van der Waals surface area (Å²) >= 11 is 0. The maximum absolute atomic E-state index is 12.1. The van der Waals surface area contributed by atoms with Crippen LogP contribution in [0.4, 0.5) is 47.1 Å². The van der Waals surface area contributed by atoms with E-state index >= 15 is 0 Å². The number of nitrogens with two attached hydrogens (primary N) is 2. The Morgan fingerprint density at radius 2 is 0.690 bits per heavy atom. The molecule has 0 aliphatic heterocycles. The number of nitrogens with zero attached hydrogens (tertiary/aromatic N) is 6. The molecular weight excluding hydrogens is 1370 g/mol. The number of ether oxygens (including phenoxy) is 4. The van der Waals surface area contributed by atoms with Gasteiger partial charge in [0.2, 0.25) is 35.7 Å². The number of carbonyl (C=O) groups excluding carboxylic acids is 4. The summed E-state index contributed by atoms with van der Waals surface area (Å²) in [6.45, 7) is 44.2. The van der Waals surface area contributed by atoms with E-state index in [9.17, 15) is 19.2 Å². The second-order valence-corrected chi connectivity index (χ2v) is 54.0. The molecule has 552 valence electrons. The molecule has 2 aromatic heterocycles. The Kier molecular flexibility index (Phi) is 37.8. The molecule has 0 bridgehead atoms. The first-order chi connectivity index (χ1) is 47.0. The summed E-state index contributed by atoms with van der Waals surface area (Å²) in [6, 6.07) is 32.9. The molecule has 0 radical (unpaired) electrons. The third kappa shape index (κ3) is 37.4. The topological polar surface area (TPSA) is 320 Å². The lowest BCUT2D eigenvalue weighted by atomic mass is 10.2. The third-order valence-corrected chi connectivity index (χ3v) is 33.4. The van der Waals surface area contributed by atoms with Crippen LogP contribution in [0.15, 0.2) is 109 Å². The number of hydrogen-bond acceptors (Lipinski definition) is 24. The molecule has 1 unspecified atom stereocenters. The molecule has 0 fully saturated rings. The third-order valence-electron chi connectivity index (χ3n) is 13.6. The zero-order chi connectivity index (χ0) is 74.6. The van der Waals surface area contributed by atoms with E-state index in [1.807, 2.05) is 43.3 Å². The standard InChI is InChI=1S/2C24H44N6O4Si3.2C11H14O2/c1-10-11-16-32-21(31)19-12-14-20(15-13-19)27-24-29-22(25)28-23(30-24)26-17-18(2)37(9,33-35(3,4)5)34-36(6,7)8;1-9-10-17-32-21(31)19-12-14-20(15-13-19)27-24-29-22(25)28-23(30-24)26-16-11-18-37(8,33-35(2,3)4)34-36(5,6)7;2*1-2-3-9-13-11(12)10-7-5-4-6-8-10/h12-15,18H,10-11,16-17H2,1-9H3,(H4,25,26,27,28,29,30);12-15H,9-11,16-18H2,1-8H3,(H4,25,26,27,28,29,30);2*4-8H,2-3,9H2,1H3. The smallest absolute Gasteiger partial charge is 0.338 e. The second kappa shape index (κ2) is 43.5. The van der Waals surface area contributed by atoms with Crippen molar-refractivity contribution in [2.24, 2.45) is 0 Å². The van der Waals surface area contributed by atoms with Gasteiger partial charge in [-0.1, -0.05) is 96.7 Å². The number of benzene rings is 4. The molecule has 0 saturated heterocycles. The number of carbonyl (C=O) groups is 4. The van der Waals surface area contributed by atoms with Gasteiger partial charge >= 0.3 is 41.0 Å². The maximum atomic E-state index is 12.1. The number of aromatic nitrogens is 6. The van der Waals surface area contributed by atoms with Crippen LogP contribution in [0.5, 0.6) is 0 Å². The summed E-state index contributed by atoms with van der Waals surface area (Å²) in [5.41, 5.74) is 15.7. The highest BCUT2D eigenvalue weighted by atomic mass is 28.5. The van der Waals surface area contributed by atoms with Crippen LogP contribution < -0.4 is 32.7 Å². The molecule has 2 heterocycles. The van der Waals surface area contributed by atoms with Gasteiger partial charge in [-0.15, -0.1) is 0 Å². The number of nitrogens with one attached hydrogen (secondary N) is 4. The van der Waals surface area contributed by atoms with Crippen LogP contribution in [0.25, 0.3) is 0 Å². The first-order valence-corrected chi connectivity index (χ1v) is 53.4. The van der Waals surface area contributed by atoms with Gasteiger partial charge in [-0.25, -0.2) is 19.2 Å². The van der Waals surface area contributed by atoms with Gasteiger partial charge in [0.05, 0.1) is 48.7 Å². The predicted molar refractivity (Wildman–Crippen MR) is 418 cm³/mol. The fourth-order valence-corrected chi connectivity index (χ4v) is 34.2. The minimum absolute atomic E-state index is 0.0977. The molecule has 0 aliphatic rings. The Morgan fingerprint density at radius 3 is 1.00 bits per heavy atom. The molecular formula is C70H116N12O12Si6. The lowest BCUT2D eigenvalue weighted by molar-refractivity contribution is 0.0490. The first-order valence-electron chi connectivity index (χ1n) is 34.8. The van der Waals surface area contributed by atoms with Gasteiger partial charge in [0, 0.05) is 30.0 Å². The van der Waals surface area contributed by atoms with Crippen molar-refractivity contribution >= 4 is 121 Å². The molecule has 0 spiro atoms. The van der Waals surface area contributed by atoms with Crippen molar-refractivity contribution in [3.05, 3.63) is 131 Å². The van der Waals surface area contributed by atoms with E-state index in [1.54, 1.807) is 72.8 Å². The van der Waals surface area contributed by atoms with Crippen LogP contribution in [-0.4, -0.2) is 144 Å². The van der Waals surface area contributed by atoms with Crippen LogP contribution in [-0.2, 0) is 35.4 Å². The van der Waals surface area contributed by atoms with Crippen molar-refractivity contribution in [1.82, 2.24) is 29.9 Å². The first kappa shape index (κ1) is 86.9. The number of unbranched alkanes of at least 4 members (excludes halogenated alkanes) is 4. The highest BCUT2D eigenvalue weighted by Crippen LogP contribution is 2.32. The van der Waals surface area contributed by atoms with E-state index < -0.39 is 50.4 Å². The quantitative estimate of drug-likeness (QED) is 0.00913. The van der Waals surface area contributed by atoms with Crippen LogP contribution in [0.2, 0.25) is 103 Å². The molecule has 0 saturated carbocycles. The fraction of sp³-hybridized carbons (Fsp3) is 0.514. The normalized spacial score (nSPS) is 11.9. The van der Waals surface area contributed by atoms with Crippen molar-refractivity contribution < 1.29 is 54.6 Å². The minimum atomic E-state index is -2.49. The van der Waals surface area contributed by atoms with Crippen LogP contribution >= 0.6 is 0 Å². The molecule has 6 aromatic rings. The second-order valence-electron chi connectivity index (χ2n) is 28.1. The average Bonchev–Trinajstić information content (AvgIpc) is 0.821. The minimum Gasteiger partial charge on any atom is -0.462 e. The number of esters is 4. The Bertz CT molecular complexity index is 3280. The molecule has 24 nitrogen and oxygen atoms in total. The monoisotopic (exact) mass is 1480 g/mol. The number of hydrogen-bond donors (Lipinski definition) is 6. The van der Waals surface area contributed by atoms with Gasteiger partial charge in [0.25, 0.3) is 0 Å². The molecule has 6 rings (SSSR count). The van der Waals surface area contributed by atoms with Crippen molar-refractivity contribution in [3.8, 4) is 0 Å². The SMILES string of the molecule is CCCCOC(=O)c1ccc(Nc2nc(N)nc(NCC(C)[Si](C)(O[Si](C)(C)C)O[Si](C)(C)C)n2)cc1.CCCCOC(=O)c1ccc(Nc2nc(N)nc(NCCC[Si](C)(O[Si](C)(C)C)O[Si](C)(C)C)n2)cc1.CCCCOC(=O)c1ccccc1.CCCCOC(=O)c1ccccc1. The molecule has 30 heteroatoms. The van der Waals surface area contributed by atoms with Gasteiger partial charge in [-0.2, -0.15) is 29.9 Å². The zero-order valence-electron chi connectivity index (χ0n) is 63.0. The molecule has 0 amide bonds. The summed E-state index contributed by atoms with van der Waals surface area (Å²) in [4.78, 5) is 72.5. The van der Waals surface area contributed by atoms with Crippen LogP contribution in [0.3, 0.4) is 0 Å². The Labute approximate surface area is 601 Å². The maximum Gasteiger partial charge on any atom is 0.338 e. The van der Waals surface area contributed by atoms with Crippen molar-refractivity contribution in [2.75, 3.05) is 72.3 Å². The Balaban J connectivity index is 0.000000384. The lowest BCUT2D eigenvalue weighted by Gasteiger charge is -2.42. The molecule has 4 aromatic carbocycles. The Morgan fingerprint density at radius 1 is 0.390 bits per heavy atom. The molecule has 8 N–H and O–H groups in total. The highest BCUT2D eigenvalue weighted by Gasteiger charge is 2.45. The lowest BCUT2D eigenvalue weighted by Crippen LogP contribution is -2.56. The highest BCUT2D eigenvalue weighted by molar-refractivity contribution is 6.89. The van der Waals surface area contributed by atoms with E-state index in [1.165, 1.54) is 0 Å². The molecule has 100 heavy (non-hydrogen) atoms. The zero-order valence-corrected chi connectivity index (χ0v) is 69.0. The van der Waals surface area contributed by atoms with Gasteiger partial charge in [-0.3, -0.25) is 0 Å². The van der Waals surface area contributed by atoms with Gasteiger partial charge in [0.15, 0.2) is 33.3 Å². The summed E-state index contributed by atoms with van der Waals surface area (Å²) in [5.74, 6) is 0.469. The van der Waals surface area contributed by atoms with E-state index in [-0.39, 0.29) is 41.3 Å². The average molecular weight is 1490 g/mol. The van der Waals surface area contributed by atoms with E-state index in [0.29, 0.717) is 91.3 Å². The van der Waals surface area contributed by atoms with Gasteiger partial charge < -0.3 is 68.1 Å². The van der Waals surface area contributed by atoms with Crippen LogP contribution in [0.1, 0.15) is 134 Å². The van der Waals surface area contributed by atoms with E-state index in [0.717, 1.165) is 69.5 Å². The largest absolute Gasteiger partial charge is 0.462 e. The van der Waals surface area contributed by atoms with Crippen molar-refractivity contribution in [2.45, 2.75) is 196 Å². The van der Waals surface area contributed by atoms with Gasteiger partial charge in [0.1, 0.15) is 0 Å². The summed E-state index contributed by atoms with van der Waals surface area (Å²) in [7, 11) is -11.9. The molecule has 1 atom stereocenters. The van der Waals surface area contributed by atoms with Gasteiger partial charge in [-0.05, 0) is 203 Å². The number of rotatable bonds is 37. The number of nitrogen functional groups attached to an aromatic ring is 2. The summed E-state index contributed by atoms with van der Waals surface area (Å²) in [5, 5.41) is 12.8. The Hall–Kier alpha value is -7.28. The molecule has 0 aliphatic carbocycles. The van der Waals surface area contributed by atoms with Crippen molar-refractivity contribution in [3.63, 3.8) is 0 Å². The van der Waals surface area contributed by atoms with Crippen molar-refractivity contribution in [1.29, 1.82) is 0 Å². The predicted octanol–water partition coefficient (Wildman–Crippen LogP) is 16.7. The number of anilines is 8. The van der Waals surface area contributed by atoms with E-state index in [4.69, 9.17) is 46.9 Å². The fourth-order valence-electron chi connectivity index (χ4n) is 9.31. The van der Waals surface area contributed by atoms with E-state index in [2.05, 4.69) is 171 Å². The van der Waals surface area contributed by atoms with Crippen LogP contribution in [0, 0.1) is 0 Å².